The average Bonchev–Trinajstić information content (AvgIpc) is 2.41. The summed E-state index contributed by atoms with van der Waals surface area (Å²) in [7, 11) is 2.12. The highest BCUT2D eigenvalue weighted by Gasteiger charge is 2.24. The van der Waals surface area contributed by atoms with E-state index >= 15 is 0 Å². The fraction of sp³-hybridized carbons (Fsp3) is 0.533. The number of carbonyl (C=O) groups excluding carboxylic acids is 1. The summed E-state index contributed by atoms with van der Waals surface area (Å²) < 4.78 is 13.1. The van der Waals surface area contributed by atoms with Gasteiger partial charge in [-0.1, -0.05) is 19.1 Å². The summed E-state index contributed by atoms with van der Waals surface area (Å²) in [6.45, 7) is 5.34. The number of benzene rings is 1. The van der Waals surface area contributed by atoms with E-state index in [9.17, 15) is 9.18 Å². The Hall–Kier alpha value is -1.26. The molecule has 0 bridgehead atoms. The van der Waals surface area contributed by atoms with Gasteiger partial charge in [-0.15, -0.1) is 0 Å². The Kier molecular flexibility index (Phi) is 4.66. The smallest absolute Gasteiger partial charge is 0.176 e. The van der Waals surface area contributed by atoms with Crippen molar-refractivity contribution in [2.45, 2.75) is 19.4 Å². The molecule has 1 fully saturated rings. The molecule has 3 nitrogen and oxygen atoms in total. The van der Waals surface area contributed by atoms with Gasteiger partial charge in [0.25, 0.3) is 0 Å². The third kappa shape index (κ3) is 3.61. The Morgan fingerprint density at radius 1 is 1.42 bits per heavy atom. The van der Waals surface area contributed by atoms with Crippen molar-refractivity contribution >= 4 is 5.78 Å². The van der Waals surface area contributed by atoms with Crippen LogP contribution in [-0.4, -0.2) is 54.9 Å². The van der Waals surface area contributed by atoms with E-state index in [1.54, 1.807) is 12.1 Å². The lowest BCUT2D eigenvalue weighted by Gasteiger charge is -2.38. The predicted molar refractivity (Wildman–Crippen MR) is 73.9 cm³/mol. The van der Waals surface area contributed by atoms with Crippen LogP contribution in [-0.2, 0) is 0 Å². The van der Waals surface area contributed by atoms with E-state index in [4.69, 9.17) is 0 Å². The summed E-state index contributed by atoms with van der Waals surface area (Å²) in [5.41, 5.74) is 0.465. The van der Waals surface area contributed by atoms with Gasteiger partial charge in [0.2, 0.25) is 0 Å². The molecule has 0 aromatic heterocycles. The number of ketones is 1. The third-order valence-corrected chi connectivity index (χ3v) is 3.85. The van der Waals surface area contributed by atoms with Gasteiger partial charge < -0.3 is 4.90 Å². The summed E-state index contributed by atoms with van der Waals surface area (Å²) in [4.78, 5) is 16.6. The first-order valence-corrected chi connectivity index (χ1v) is 6.81. The molecule has 1 atom stereocenters. The third-order valence-electron chi connectivity index (χ3n) is 3.85. The molecule has 1 aliphatic heterocycles. The number of hydrogen-bond acceptors (Lipinski definition) is 3. The molecule has 0 amide bonds. The molecule has 1 heterocycles. The SMILES string of the molecule is CCC1CN(CC(=O)c2cccc(F)c2)CCN1C. The van der Waals surface area contributed by atoms with Gasteiger partial charge in [-0.05, 0) is 25.6 Å². The molecule has 2 rings (SSSR count). The Morgan fingerprint density at radius 3 is 2.89 bits per heavy atom. The number of halogens is 1. The van der Waals surface area contributed by atoms with Crippen molar-refractivity contribution in [2.24, 2.45) is 0 Å². The molecule has 0 radical (unpaired) electrons. The molecule has 1 aliphatic rings. The molecular weight excluding hydrogens is 243 g/mol. The van der Waals surface area contributed by atoms with Crippen LogP contribution in [0.3, 0.4) is 0 Å². The molecule has 19 heavy (non-hydrogen) atoms. The van der Waals surface area contributed by atoms with Gasteiger partial charge in [-0.2, -0.15) is 0 Å². The van der Waals surface area contributed by atoms with Crippen molar-refractivity contribution in [3.8, 4) is 0 Å². The lowest BCUT2D eigenvalue weighted by atomic mass is 10.1. The molecule has 0 N–H and O–H groups in total. The number of hydrogen-bond donors (Lipinski definition) is 0. The molecule has 0 saturated carbocycles. The second-order valence-corrected chi connectivity index (χ2v) is 5.21. The second kappa shape index (κ2) is 6.26. The van der Waals surface area contributed by atoms with Gasteiger partial charge in [0.15, 0.2) is 5.78 Å². The zero-order chi connectivity index (χ0) is 13.8. The molecule has 0 spiro atoms. The van der Waals surface area contributed by atoms with Crippen LogP contribution in [0.2, 0.25) is 0 Å². The minimum Gasteiger partial charge on any atom is -0.301 e. The number of carbonyl (C=O) groups is 1. The zero-order valence-corrected chi connectivity index (χ0v) is 11.6. The van der Waals surface area contributed by atoms with Crippen LogP contribution in [0.1, 0.15) is 23.7 Å². The normalized spacial score (nSPS) is 21.5. The molecule has 104 valence electrons. The minimum atomic E-state index is -0.351. The predicted octanol–water partition coefficient (Wildman–Crippen LogP) is 2.03. The quantitative estimate of drug-likeness (QED) is 0.778. The van der Waals surface area contributed by atoms with Gasteiger partial charge in [-0.25, -0.2) is 4.39 Å². The van der Waals surface area contributed by atoms with Crippen LogP contribution in [0.15, 0.2) is 24.3 Å². The van der Waals surface area contributed by atoms with Crippen molar-refractivity contribution in [3.05, 3.63) is 35.6 Å². The first-order chi connectivity index (χ1) is 9.10. The van der Waals surface area contributed by atoms with Crippen molar-refractivity contribution in [3.63, 3.8) is 0 Å². The van der Waals surface area contributed by atoms with E-state index in [0.29, 0.717) is 18.2 Å². The molecule has 1 unspecified atom stereocenters. The first kappa shape index (κ1) is 14.2. The maximum Gasteiger partial charge on any atom is 0.176 e. The molecule has 0 aliphatic carbocycles. The van der Waals surface area contributed by atoms with E-state index in [-0.39, 0.29) is 11.6 Å². The monoisotopic (exact) mass is 264 g/mol. The largest absolute Gasteiger partial charge is 0.301 e. The van der Waals surface area contributed by atoms with Crippen molar-refractivity contribution < 1.29 is 9.18 Å². The van der Waals surface area contributed by atoms with E-state index < -0.39 is 0 Å². The average molecular weight is 264 g/mol. The van der Waals surface area contributed by atoms with Crippen LogP contribution < -0.4 is 0 Å². The summed E-state index contributed by atoms with van der Waals surface area (Å²) in [5, 5.41) is 0. The summed E-state index contributed by atoms with van der Waals surface area (Å²) in [6.07, 6.45) is 1.08. The topological polar surface area (TPSA) is 23.6 Å². The molecular formula is C15H21FN2O. The van der Waals surface area contributed by atoms with E-state index in [1.807, 2.05) is 0 Å². The van der Waals surface area contributed by atoms with E-state index in [2.05, 4.69) is 23.8 Å². The standard InChI is InChI=1S/C15H21FN2O/c1-3-14-10-18(8-7-17(14)2)11-15(19)12-5-4-6-13(16)9-12/h4-6,9,14H,3,7-8,10-11H2,1-2H3. The van der Waals surface area contributed by atoms with Gasteiger partial charge >= 0.3 is 0 Å². The molecule has 1 aromatic carbocycles. The van der Waals surface area contributed by atoms with Gasteiger partial charge in [0.05, 0.1) is 6.54 Å². The Balaban J connectivity index is 1.96. The van der Waals surface area contributed by atoms with Crippen LogP contribution in [0.5, 0.6) is 0 Å². The number of likely N-dealkylation sites (N-methyl/N-ethyl adjacent to an activating group) is 1. The maximum atomic E-state index is 13.1. The highest BCUT2D eigenvalue weighted by molar-refractivity contribution is 5.97. The van der Waals surface area contributed by atoms with Gasteiger partial charge in [0, 0.05) is 31.2 Å². The summed E-state index contributed by atoms with van der Waals surface area (Å²) in [5.74, 6) is -0.352. The summed E-state index contributed by atoms with van der Waals surface area (Å²) in [6, 6.07) is 6.45. The number of nitrogens with zero attached hydrogens (tertiary/aromatic N) is 2. The highest BCUT2D eigenvalue weighted by Crippen LogP contribution is 2.12. The molecule has 1 aromatic rings. The highest BCUT2D eigenvalue weighted by atomic mass is 19.1. The maximum absolute atomic E-state index is 13.1. The minimum absolute atomic E-state index is 0.00101. The Morgan fingerprint density at radius 2 is 2.21 bits per heavy atom. The lowest BCUT2D eigenvalue weighted by Crippen LogP contribution is -2.52. The zero-order valence-electron chi connectivity index (χ0n) is 11.6. The van der Waals surface area contributed by atoms with Crippen molar-refractivity contribution in [2.75, 3.05) is 33.2 Å². The number of rotatable bonds is 4. The van der Waals surface area contributed by atoms with Crippen molar-refractivity contribution in [1.82, 2.24) is 9.80 Å². The van der Waals surface area contributed by atoms with Gasteiger partial charge in [0.1, 0.15) is 5.82 Å². The number of Topliss-reactive ketones (excluding diaryl/α,β-unsaturated/α-hetero) is 1. The van der Waals surface area contributed by atoms with E-state index in [0.717, 1.165) is 26.1 Å². The van der Waals surface area contributed by atoms with Crippen LogP contribution in [0, 0.1) is 5.82 Å². The molecule has 1 saturated heterocycles. The Labute approximate surface area is 114 Å². The fourth-order valence-electron chi connectivity index (χ4n) is 2.55. The van der Waals surface area contributed by atoms with E-state index in [1.165, 1.54) is 12.1 Å². The second-order valence-electron chi connectivity index (χ2n) is 5.21. The van der Waals surface area contributed by atoms with Crippen molar-refractivity contribution in [1.29, 1.82) is 0 Å². The summed E-state index contributed by atoms with van der Waals surface area (Å²) >= 11 is 0. The lowest BCUT2D eigenvalue weighted by molar-refractivity contribution is 0.0742. The molecule has 4 heteroatoms. The van der Waals surface area contributed by atoms with Crippen LogP contribution in [0.4, 0.5) is 4.39 Å². The van der Waals surface area contributed by atoms with Crippen LogP contribution in [0.25, 0.3) is 0 Å². The first-order valence-electron chi connectivity index (χ1n) is 6.81. The Bertz CT molecular complexity index is 450. The fourth-order valence-corrected chi connectivity index (χ4v) is 2.55. The van der Waals surface area contributed by atoms with Crippen LogP contribution >= 0.6 is 0 Å². The van der Waals surface area contributed by atoms with Gasteiger partial charge in [-0.3, -0.25) is 9.69 Å². The number of piperazine rings is 1.